The number of para-hydroxylation sites is 2. The smallest absolute Gasteiger partial charge is 0.227 e. The molecule has 20 heavy (non-hydrogen) atoms. The summed E-state index contributed by atoms with van der Waals surface area (Å²) >= 11 is 0. The molecule has 108 valence electrons. The molecule has 2 heterocycles. The van der Waals surface area contributed by atoms with Gasteiger partial charge in [0.05, 0.1) is 29.8 Å². The Bertz CT molecular complexity index is 640. The van der Waals surface area contributed by atoms with Crippen molar-refractivity contribution in [2.75, 3.05) is 23.0 Å². The highest BCUT2D eigenvalue weighted by atomic mass is 32.2. The fraction of sp³-hybridized carbons (Fsp3) is 0.500. The van der Waals surface area contributed by atoms with Gasteiger partial charge in [-0.15, -0.1) is 0 Å². The molecule has 3 rings (SSSR count). The molecule has 2 saturated heterocycles. The zero-order valence-corrected chi connectivity index (χ0v) is 12.1. The van der Waals surface area contributed by atoms with Crippen molar-refractivity contribution < 1.29 is 17.9 Å². The van der Waals surface area contributed by atoms with Crippen LogP contribution in [-0.4, -0.2) is 38.5 Å². The quantitative estimate of drug-likeness (QED) is 0.841. The maximum atomic E-state index is 12.2. The van der Waals surface area contributed by atoms with Crippen LogP contribution in [0.3, 0.4) is 0 Å². The van der Waals surface area contributed by atoms with Gasteiger partial charge in [0.15, 0.2) is 9.84 Å². The summed E-state index contributed by atoms with van der Waals surface area (Å²) in [6, 6.07) is 7.06. The fourth-order valence-electron chi connectivity index (χ4n) is 3.14. The minimum atomic E-state index is -3.03. The molecule has 2 atom stereocenters. The largest absolute Gasteiger partial charge is 0.492 e. The SMILES string of the molecule is CCOc1ccccc1N1C(=O)CC2CS(=O)(=O)CC21. The van der Waals surface area contributed by atoms with E-state index in [1.807, 2.05) is 31.2 Å². The van der Waals surface area contributed by atoms with Crippen LogP contribution in [0.15, 0.2) is 24.3 Å². The molecular formula is C14H17NO4S. The number of sulfone groups is 1. The lowest BCUT2D eigenvalue weighted by Crippen LogP contribution is -2.36. The summed E-state index contributed by atoms with van der Waals surface area (Å²) in [7, 11) is -3.03. The van der Waals surface area contributed by atoms with E-state index in [-0.39, 0.29) is 29.4 Å². The van der Waals surface area contributed by atoms with Crippen molar-refractivity contribution in [3.8, 4) is 5.75 Å². The Morgan fingerprint density at radius 2 is 2.05 bits per heavy atom. The minimum Gasteiger partial charge on any atom is -0.492 e. The van der Waals surface area contributed by atoms with E-state index in [0.717, 1.165) is 0 Å². The van der Waals surface area contributed by atoms with E-state index < -0.39 is 9.84 Å². The van der Waals surface area contributed by atoms with E-state index >= 15 is 0 Å². The van der Waals surface area contributed by atoms with Gasteiger partial charge in [0.1, 0.15) is 5.75 Å². The number of carbonyl (C=O) groups excluding carboxylic acids is 1. The van der Waals surface area contributed by atoms with Crippen LogP contribution in [0.5, 0.6) is 5.75 Å². The van der Waals surface area contributed by atoms with Gasteiger partial charge in [-0.25, -0.2) is 8.42 Å². The van der Waals surface area contributed by atoms with Gasteiger partial charge in [-0.3, -0.25) is 4.79 Å². The molecule has 0 aromatic heterocycles. The number of fused-ring (bicyclic) bond motifs is 1. The minimum absolute atomic E-state index is 0.0120. The van der Waals surface area contributed by atoms with Gasteiger partial charge in [-0.2, -0.15) is 0 Å². The Labute approximate surface area is 118 Å². The zero-order valence-electron chi connectivity index (χ0n) is 11.3. The summed E-state index contributed by atoms with van der Waals surface area (Å²) in [6.45, 7) is 2.39. The van der Waals surface area contributed by atoms with E-state index in [9.17, 15) is 13.2 Å². The molecule has 2 aliphatic rings. The van der Waals surface area contributed by atoms with Gasteiger partial charge in [-0.1, -0.05) is 12.1 Å². The van der Waals surface area contributed by atoms with Gasteiger partial charge < -0.3 is 9.64 Å². The van der Waals surface area contributed by atoms with Crippen molar-refractivity contribution in [2.45, 2.75) is 19.4 Å². The third-order valence-corrected chi connectivity index (χ3v) is 5.68. The average molecular weight is 295 g/mol. The van der Waals surface area contributed by atoms with Crippen LogP contribution in [-0.2, 0) is 14.6 Å². The second-order valence-electron chi connectivity index (χ2n) is 5.27. The second kappa shape index (κ2) is 4.77. The van der Waals surface area contributed by atoms with Crippen molar-refractivity contribution >= 4 is 21.4 Å². The Morgan fingerprint density at radius 1 is 1.30 bits per heavy atom. The zero-order chi connectivity index (χ0) is 14.3. The number of hydrogen-bond acceptors (Lipinski definition) is 4. The van der Waals surface area contributed by atoms with Crippen LogP contribution in [0.2, 0.25) is 0 Å². The van der Waals surface area contributed by atoms with E-state index in [4.69, 9.17) is 4.74 Å². The van der Waals surface area contributed by atoms with Gasteiger partial charge in [0.25, 0.3) is 0 Å². The van der Waals surface area contributed by atoms with Crippen molar-refractivity contribution in [3.05, 3.63) is 24.3 Å². The Kier molecular flexibility index (Phi) is 3.20. The Morgan fingerprint density at radius 3 is 2.80 bits per heavy atom. The summed E-state index contributed by atoms with van der Waals surface area (Å²) in [5.74, 6) is 0.721. The lowest BCUT2D eigenvalue weighted by atomic mass is 10.0. The predicted octanol–water partition coefficient (Wildman–Crippen LogP) is 1.24. The highest BCUT2D eigenvalue weighted by molar-refractivity contribution is 7.91. The molecule has 1 amide bonds. The van der Waals surface area contributed by atoms with Crippen LogP contribution in [0.4, 0.5) is 5.69 Å². The average Bonchev–Trinajstić information content (AvgIpc) is 2.81. The molecule has 0 spiro atoms. The molecule has 1 aromatic carbocycles. The number of nitrogens with zero attached hydrogens (tertiary/aromatic N) is 1. The highest BCUT2D eigenvalue weighted by Gasteiger charge is 2.49. The molecule has 2 fully saturated rings. The third-order valence-electron chi connectivity index (χ3n) is 3.90. The summed E-state index contributed by atoms with van der Waals surface area (Å²) in [5.41, 5.74) is 0.684. The van der Waals surface area contributed by atoms with Gasteiger partial charge in [0, 0.05) is 12.3 Å². The van der Waals surface area contributed by atoms with E-state index in [2.05, 4.69) is 0 Å². The first-order valence-corrected chi connectivity index (χ1v) is 8.58. The molecule has 6 heteroatoms. The predicted molar refractivity (Wildman–Crippen MR) is 75.6 cm³/mol. The number of anilines is 1. The number of amides is 1. The van der Waals surface area contributed by atoms with Crippen LogP contribution in [0, 0.1) is 5.92 Å². The number of carbonyl (C=O) groups is 1. The number of ether oxygens (including phenoxy) is 1. The molecule has 2 unspecified atom stereocenters. The van der Waals surface area contributed by atoms with Crippen LogP contribution in [0.1, 0.15) is 13.3 Å². The standard InChI is InChI=1S/C14H17NO4S/c1-2-19-13-6-4-3-5-11(13)15-12-9-20(17,18)8-10(12)7-14(15)16/h3-6,10,12H,2,7-9H2,1H3. The first kappa shape index (κ1) is 13.4. The fourth-order valence-corrected chi connectivity index (χ4v) is 5.21. The van der Waals surface area contributed by atoms with Crippen LogP contribution in [0.25, 0.3) is 0 Å². The summed E-state index contributed by atoms with van der Waals surface area (Å²) < 4.78 is 29.1. The van der Waals surface area contributed by atoms with E-state index in [1.54, 1.807) is 4.90 Å². The lowest BCUT2D eigenvalue weighted by Gasteiger charge is -2.25. The van der Waals surface area contributed by atoms with Gasteiger partial charge in [0.2, 0.25) is 5.91 Å². The number of hydrogen-bond donors (Lipinski definition) is 0. The number of benzene rings is 1. The van der Waals surface area contributed by atoms with E-state index in [0.29, 0.717) is 24.5 Å². The second-order valence-corrected chi connectivity index (χ2v) is 7.43. The molecule has 5 nitrogen and oxygen atoms in total. The molecule has 2 aliphatic heterocycles. The molecule has 0 radical (unpaired) electrons. The van der Waals surface area contributed by atoms with Gasteiger partial charge in [-0.05, 0) is 19.1 Å². The molecule has 0 aliphatic carbocycles. The summed E-state index contributed by atoms with van der Waals surface area (Å²) in [6.07, 6.45) is 0.310. The summed E-state index contributed by atoms with van der Waals surface area (Å²) in [4.78, 5) is 13.9. The molecule has 0 bridgehead atoms. The van der Waals surface area contributed by atoms with Crippen LogP contribution < -0.4 is 9.64 Å². The summed E-state index contributed by atoms with van der Waals surface area (Å²) in [5, 5.41) is 0. The monoisotopic (exact) mass is 295 g/mol. The Balaban J connectivity index is 1.99. The maximum Gasteiger partial charge on any atom is 0.227 e. The molecule has 0 N–H and O–H groups in total. The van der Waals surface area contributed by atoms with Crippen molar-refractivity contribution in [1.82, 2.24) is 0 Å². The number of rotatable bonds is 3. The topological polar surface area (TPSA) is 63.7 Å². The maximum absolute atomic E-state index is 12.2. The van der Waals surface area contributed by atoms with Crippen molar-refractivity contribution in [2.24, 2.45) is 5.92 Å². The molecule has 1 aromatic rings. The third kappa shape index (κ3) is 2.18. The van der Waals surface area contributed by atoms with Gasteiger partial charge >= 0.3 is 0 Å². The molecule has 0 saturated carbocycles. The van der Waals surface area contributed by atoms with Crippen molar-refractivity contribution in [3.63, 3.8) is 0 Å². The lowest BCUT2D eigenvalue weighted by molar-refractivity contribution is -0.117. The Hall–Kier alpha value is -1.56. The van der Waals surface area contributed by atoms with E-state index in [1.165, 1.54) is 0 Å². The van der Waals surface area contributed by atoms with Crippen LogP contribution >= 0.6 is 0 Å². The highest BCUT2D eigenvalue weighted by Crippen LogP contribution is 2.40. The first-order valence-electron chi connectivity index (χ1n) is 6.76. The molecular weight excluding hydrogens is 278 g/mol. The first-order chi connectivity index (χ1) is 9.52. The van der Waals surface area contributed by atoms with Crippen molar-refractivity contribution in [1.29, 1.82) is 0 Å². The normalized spacial score (nSPS) is 27.6.